The molecule has 0 aromatic heterocycles. The van der Waals surface area contributed by atoms with Gasteiger partial charge in [-0.1, -0.05) is 23.2 Å². The lowest BCUT2D eigenvalue weighted by molar-refractivity contribution is 0.245. The van der Waals surface area contributed by atoms with Crippen LogP contribution in [0.1, 0.15) is 24.8 Å². The normalized spacial score (nSPS) is 19.1. The molecule has 0 bridgehead atoms. The fraction of sp³-hybridized carbons (Fsp3) is 0.400. The monoisotopic (exact) mass is 233 g/mol. The van der Waals surface area contributed by atoms with Crippen LogP contribution >= 0.6 is 23.2 Å². The van der Waals surface area contributed by atoms with Gasteiger partial charge in [0, 0.05) is 16.1 Å². The zero-order valence-electron chi connectivity index (χ0n) is 7.49. The van der Waals surface area contributed by atoms with Gasteiger partial charge in [-0.05, 0) is 31.4 Å². The molecule has 14 heavy (non-hydrogen) atoms. The molecule has 0 aliphatic heterocycles. The average molecular weight is 234 g/mol. The van der Waals surface area contributed by atoms with Gasteiger partial charge in [-0.2, -0.15) is 0 Å². The van der Waals surface area contributed by atoms with Crippen LogP contribution in [0.3, 0.4) is 0 Å². The summed E-state index contributed by atoms with van der Waals surface area (Å²) >= 11 is 11.6. The maximum absolute atomic E-state index is 13.7. The van der Waals surface area contributed by atoms with E-state index >= 15 is 0 Å². The summed E-state index contributed by atoms with van der Waals surface area (Å²) in [7, 11) is 0. The first-order chi connectivity index (χ1) is 6.54. The van der Waals surface area contributed by atoms with Crippen molar-refractivity contribution in [3.8, 4) is 0 Å². The number of nitrogens with two attached hydrogens (primary N) is 1. The molecule has 0 heterocycles. The number of halogens is 3. The van der Waals surface area contributed by atoms with Crippen molar-refractivity contribution in [3.63, 3.8) is 0 Å². The van der Waals surface area contributed by atoms with E-state index in [1.807, 2.05) is 0 Å². The molecule has 4 heteroatoms. The Labute approximate surface area is 92.0 Å². The largest absolute Gasteiger partial charge is 0.321 e. The van der Waals surface area contributed by atoms with Crippen LogP contribution in [0, 0.1) is 5.82 Å². The van der Waals surface area contributed by atoms with E-state index in [1.54, 1.807) is 6.07 Å². The fourth-order valence-corrected chi connectivity index (χ4v) is 2.28. The van der Waals surface area contributed by atoms with Crippen molar-refractivity contribution in [2.24, 2.45) is 5.73 Å². The minimum atomic E-state index is -0.605. The summed E-state index contributed by atoms with van der Waals surface area (Å²) < 4.78 is 13.7. The molecular formula is C10H10Cl2FN. The molecule has 1 aliphatic carbocycles. The molecule has 1 nitrogen and oxygen atoms in total. The lowest BCUT2D eigenvalue weighted by atomic mass is 9.72. The zero-order chi connectivity index (χ0) is 10.3. The fourth-order valence-electron chi connectivity index (χ4n) is 1.79. The predicted molar refractivity (Wildman–Crippen MR) is 56.1 cm³/mol. The van der Waals surface area contributed by atoms with Gasteiger partial charge in [0.25, 0.3) is 0 Å². The van der Waals surface area contributed by atoms with Gasteiger partial charge >= 0.3 is 0 Å². The first-order valence-corrected chi connectivity index (χ1v) is 5.23. The van der Waals surface area contributed by atoms with Crippen molar-refractivity contribution in [1.82, 2.24) is 0 Å². The highest BCUT2D eigenvalue weighted by Crippen LogP contribution is 2.44. The Morgan fingerprint density at radius 1 is 1.21 bits per heavy atom. The molecule has 1 fully saturated rings. The van der Waals surface area contributed by atoms with Gasteiger partial charge in [-0.3, -0.25) is 0 Å². The van der Waals surface area contributed by atoms with Crippen molar-refractivity contribution < 1.29 is 4.39 Å². The van der Waals surface area contributed by atoms with Gasteiger partial charge in [0.1, 0.15) is 5.82 Å². The summed E-state index contributed by atoms with van der Waals surface area (Å²) in [5, 5.41) is 0.454. The average Bonchev–Trinajstić information content (AvgIpc) is 2.09. The van der Waals surface area contributed by atoms with Gasteiger partial charge < -0.3 is 5.73 Å². The zero-order valence-corrected chi connectivity index (χ0v) is 9.00. The predicted octanol–water partition coefficient (Wildman–Crippen LogP) is 3.47. The van der Waals surface area contributed by atoms with Crippen molar-refractivity contribution in [2.45, 2.75) is 24.8 Å². The van der Waals surface area contributed by atoms with E-state index < -0.39 is 11.4 Å². The van der Waals surface area contributed by atoms with Crippen molar-refractivity contribution in [1.29, 1.82) is 0 Å². The van der Waals surface area contributed by atoms with Crippen LogP contribution in [0.2, 0.25) is 10.0 Å². The van der Waals surface area contributed by atoms with Gasteiger partial charge in [0.15, 0.2) is 0 Å². The van der Waals surface area contributed by atoms with Gasteiger partial charge in [-0.25, -0.2) is 4.39 Å². The quantitative estimate of drug-likeness (QED) is 0.739. The molecule has 0 radical (unpaired) electrons. The second-order valence-corrected chi connectivity index (χ2v) is 4.54. The molecule has 76 valence electrons. The van der Waals surface area contributed by atoms with Gasteiger partial charge in [0.05, 0.1) is 5.02 Å². The first kappa shape index (κ1) is 10.2. The van der Waals surface area contributed by atoms with E-state index in [2.05, 4.69) is 0 Å². The van der Waals surface area contributed by atoms with Gasteiger partial charge in [-0.15, -0.1) is 0 Å². The summed E-state index contributed by atoms with van der Waals surface area (Å²) in [5.41, 5.74) is 5.78. The third-order valence-electron chi connectivity index (χ3n) is 2.79. The summed E-state index contributed by atoms with van der Waals surface area (Å²) in [6.45, 7) is 0. The summed E-state index contributed by atoms with van der Waals surface area (Å²) in [5.74, 6) is -0.471. The topological polar surface area (TPSA) is 26.0 Å². The molecule has 1 aromatic carbocycles. The number of hydrogen-bond donors (Lipinski definition) is 1. The molecule has 1 aliphatic rings. The van der Waals surface area contributed by atoms with E-state index in [9.17, 15) is 4.39 Å². The highest BCUT2D eigenvalue weighted by atomic mass is 35.5. The molecule has 0 atom stereocenters. The lowest BCUT2D eigenvalue weighted by Gasteiger charge is -2.39. The van der Waals surface area contributed by atoms with Crippen LogP contribution in [0.5, 0.6) is 0 Å². The standard InChI is InChI=1S/C10H10Cl2FN/c11-6-2-3-7(12)9(13)8(6)10(14)4-1-5-10/h2-3H,1,4-5,14H2. The second kappa shape index (κ2) is 3.37. The molecule has 2 rings (SSSR count). The molecule has 0 saturated heterocycles. The van der Waals surface area contributed by atoms with Crippen LogP contribution in [0.4, 0.5) is 4.39 Å². The van der Waals surface area contributed by atoms with Crippen molar-refractivity contribution in [2.75, 3.05) is 0 Å². The molecule has 1 saturated carbocycles. The highest BCUT2D eigenvalue weighted by molar-refractivity contribution is 6.33. The minimum Gasteiger partial charge on any atom is -0.321 e. The van der Waals surface area contributed by atoms with Crippen molar-refractivity contribution in [3.05, 3.63) is 33.6 Å². The third kappa shape index (κ3) is 1.42. The second-order valence-electron chi connectivity index (χ2n) is 3.73. The smallest absolute Gasteiger partial charge is 0.148 e. The first-order valence-electron chi connectivity index (χ1n) is 4.47. The maximum atomic E-state index is 13.7. The van der Waals surface area contributed by atoms with E-state index in [0.717, 1.165) is 19.3 Å². The van der Waals surface area contributed by atoms with Crippen LogP contribution in [0.15, 0.2) is 12.1 Å². The van der Waals surface area contributed by atoms with Crippen LogP contribution < -0.4 is 5.73 Å². The van der Waals surface area contributed by atoms with Gasteiger partial charge in [0.2, 0.25) is 0 Å². The molecule has 0 unspecified atom stereocenters. The Morgan fingerprint density at radius 3 is 2.29 bits per heavy atom. The third-order valence-corrected chi connectivity index (χ3v) is 3.39. The molecular weight excluding hydrogens is 224 g/mol. The summed E-state index contributed by atoms with van der Waals surface area (Å²) in [6.07, 6.45) is 2.55. The Kier molecular flexibility index (Phi) is 2.46. The Bertz CT molecular complexity index is 375. The van der Waals surface area contributed by atoms with Crippen LogP contribution in [-0.2, 0) is 5.54 Å². The Balaban J connectivity index is 2.56. The summed E-state index contributed by atoms with van der Waals surface area (Å²) in [4.78, 5) is 0. The number of hydrogen-bond acceptors (Lipinski definition) is 1. The highest BCUT2D eigenvalue weighted by Gasteiger charge is 2.38. The SMILES string of the molecule is NC1(c2c(Cl)ccc(Cl)c2F)CCC1. The molecule has 1 aromatic rings. The Morgan fingerprint density at radius 2 is 1.79 bits per heavy atom. The molecule has 2 N–H and O–H groups in total. The van der Waals surface area contributed by atoms with E-state index in [4.69, 9.17) is 28.9 Å². The molecule has 0 amide bonds. The molecule has 0 spiro atoms. The Hall–Kier alpha value is -0.310. The van der Waals surface area contributed by atoms with Crippen LogP contribution in [0.25, 0.3) is 0 Å². The maximum Gasteiger partial charge on any atom is 0.148 e. The van der Waals surface area contributed by atoms with E-state index in [-0.39, 0.29) is 5.02 Å². The van der Waals surface area contributed by atoms with Crippen LogP contribution in [-0.4, -0.2) is 0 Å². The van der Waals surface area contributed by atoms with E-state index in [0.29, 0.717) is 10.6 Å². The van der Waals surface area contributed by atoms with E-state index in [1.165, 1.54) is 6.07 Å². The number of benzene rings is 1. The lowest BCUT2D eigenvalue weighted by Crippen LogP contribution is -2.44. The van der Waals surface area contributed by atoms with Crippen molar-refractivity contribution >= 4 is 23.2 Å². The minimum absolute atomic E-state index is 0.0844. The summed E-state index contributed by atoms with van der Waals surface area (Å²) in [6, 6.07) is 3.04. The number of rotatable bonds is 1.